The first-order valence-corrected chi connectivity index (χ1v) is 9.41. The van der Waals surface area contributed by atoms with Gasteiger partial charge < -0.3 is 5.32 Å². The van der Waals surface area contributed by atoms with Crippen LogP contribution >= 0.6 is 0 Å². The lowest BCUT2D eigenvalue weighted by Crippen LogP contribution is -2.37. The van der Waals surface area contributed by atoms with Crippen LogP contribution < -0.4 is 5.32 Å². The van der Waals surface area contributed by atoms with E-state index in [9.17, 15) is 4.79 Å². The van der Waals surface area contributed by atoms with Gasteiger partial charge in [-0.15, -0.1) is 5.10 Å². The molecule has 1 N–H and O–H groups in total. The van der Waals surface area contributed by atoms with Gasteiger partial charge in [0.15, 0.2) is 0 Å². The highest BCUT2D eigenvalue weighted by Crippen LogP contribution is 2.40. The van der Waals surface area contributed by atoms with Gasteiger partial charge in [0, 0.05) is 13.0 Å². The molecule has 0 atom stereocenters. The van der Waals surface area contributed by atoms with Crippen LogP contribution in [0.3, 0.4) is 0 Å². The average Bonchev–Trinajstić information content (AvgIpc) is 3.09. The maximum atomic E-state index is 12.5. The van der Waals surface area contributed by atoms with E-state index in [4.69, 9.17) is 0 Å². The van der Waals surface area contributed by atoms with Crippen LogP contribution in [0.4, 0.5) is 0 Å². The molecule has 0 unspecified atom stereocenters. The third-order valence-corrected chi connectivity index (χ3v) is 5.49. The molecule has 1 fully saturated rings. The van der Waals surface area contributed by atoms with Gasteiger partial charge in [-0.1, -0.05) is 30.9 Å². The highest BCUT2D eigenvalue weighted by Gasteiger charge is 2.35. The third-order valence-electron chi connectivity index (χ3n) is 5.49. The highest BCUT2D eigenvalue weighted by molar-refractivity contribution is 5.76. The molecule has 0 aliphatic heterocycles. The predicted molar refractivity (Wildman–Crippen MR) is 92.1 cm³/mol. The smallest absolute Gasteiger partial charge is 0.220 e. The second-order valence-electron chi connectivity index (χ2n) is 7.45. The SMILES string of the molecule is O=C(CC1(Cn2cnnn2)CCCCC1)NCCC1=CCCCC1. The van der Waals surface area contributed by atoms with E-state index in [-0.39, 0.29) is 11.3 Å². The molecule has 0 saturated heterocycles. The number of allylic oxidation sites excluding steroid dienone is 1. The lowest BCUT2D eigenvalue weighted by molar-refractivity contribution is -0.124. The van der Waals surface area contributed by atoms with Crippen LogP contribution in [-0.2, 0) is 11.3 Å². The predicted octanol–water partition coefficient (Wildman–Crippen LogP) is 3.02. The van der Waals surface area contributed by atoms with Gasteiger partial charge in [0.25, 0.3) is 0 Å². The molecule has 0 bridgehead atoms. The molecule has 132 valence electrons. The number of hydrogen-bond acceptors (Lipinski definition) is 4. The van der Waals surface area contributed by atoms with E-state index in [1.54, 1.807) is 11.0 Å². The molecule has 24 heavy (non-hydrogen) atoms. The molecule has 6 nitrogen and oxygen atoms in total. The first-order chi connectivity index (χ1) is 11.8. The molecule has 1 amide bonds. The molecular weight excluding hydrogens is 302 g/mol. The average molecular weight is 331 g/mol. The molecule has 2 aliphatic carbocycles. The van der Waals surface area contributed by atoms with Crippen LogP contribution in [0, 0.1) is 5.41 Å². The van der Waals surface area contributed by atoms with Gasteiger partial charge in [0.1, 0.15) is 6.33 Å². The van der Waals surface area contributed by atoms with Crippen molar-refractivity contribution < 1.29 is 4.79 Å². The van der Waals surface area contributed by atoms with Crippen LogP contribution in [0.1, 0.15) is 70.6 Å². The Bertz CT molecular complexity index is 546. The van der Waals surface area contributed by atoms with Crippen molar-refractivity contribution >= 4 is 5.91 Å². The summed E-state index contributed by atoms with van der Waals surface area (Å²) in [4.78, 5) is 12.5. The fourth-order valence-corrected chi connectivity index (χ4v) is 4.19. The summed E-state index contributed by atoms with van der Waals surface area (Å²) in [6.45, 7) is 1.52. The van der Waals surface area contributed by atoms with E-state index in [0.717, 1.165) is 32.4 Å². The monoisotopic (exact) mass is 331 g/mol. The topological polar surface area (TPSA) is 72.7 Å². The summed E-state index contributed by atoms with van der Waals surface area (Å²) >= 11 is 0. The number of rotatable bonds is 7. The Labute approximate surface area is 144 Å². The molecule has 6 heteroatoms. The Morgan fingerprint density at radius 2 is 2.08 bits per heavy atom. The zero-order valence-electron chi connectivity index (χ0n) is 14.5. The van der Waals surface area contributed by atoms with Crippen LogP contribution in [0.15, 0.2) is 18.0 Å². The maximum absolute atomic E-state index is 12.5. The van der Waals surface area contributed by atoms with E-state index in [2.05, 4.69) is 26.9 Å². The molecular formula is C18H29N5O. The molecule has 1 saturated carbocycles. The van der Waals surface area contributed by atoms with Crippen LogP contribution in [0.25, 0.3) is 0 Å². The molecule has 2 aliphatic rings. The number of hydrogen-bond donors (Lipinski definition) is 1. The first-order valence-electron chi connectivity index (χ1n) is 9.41. The molecule has 0 radical (unpaired) electrons. The van der Waals surface area contributed by atoms with Crippen LogP contribution in [-0.4, -0.2) is 32.7 Å². The van der Waals surface area contributed by atoms with Crippen LogP contribution in [0.5, 0.6) is 0 Å². The fraction of sp³-hybridized carbons (Fsp3) is 0.778. The number of nitrogens with zero attached hydrogens (tertiary/aromatic N) is 4. The molecule has 1 aromatic rings. The largest absolute Gasteiger partial charge is 0.356 e. The minimum absolute atomic E-state index is 0.0157. The van der Waals surface area contributed by atoms with Gasteiger partial charge in [-0.25, -0.2) is 4.68 Å². The Morgan fingerprint density at radius 3 is 2.79 bits per heavy atom. The van der Waals surface area contributed by atoms with E-state index in [1.165, 1.54) is 50.5 Å². The summed E-state index contributed by atoms with van der Waals surface area (Å²) in [5.41, 5.74) is 1.53. The second kappa shape index (κ2) is 8.40. The van der Waals surface area contributed by atoms with Gasteiger partial charge in [0.05, 0.1) is 6.54 Å². The van der Waals surface area contributed by atoms with Gasteiger partial charge in [-0.3, -0.25) is 4.79 Å². The van der Waals surface area contributed by atoms with Gasteiger partial charge >= 0.3 is 0 Å². The third kappa shape index (κ3) is 4.89. The molecule has 1 heterocycles. The summed E-state index contributed by atoms with van der Waals surface area (Å²) in [6.07, 6.45) is 16.5. The van der Waals surface area contributed by atoms with Gasteiger partial charge in [0.2, 0.25) is 5.91 Å². The number of carbonyl (C=O) groups is 1. The number of nitrogens with one attached hydrogen (secondary N) is 1. The summed E-state index contributed by atoms with van der Waals surface area (Å²) in [5.74, 6) is 0.182. The van der Waals surface area contributed by atoms with Gasteiger partial charge in [-0.2, -0.15) is 0 Å². The van der Waals surface area contributed by atoms with Crippen molar-refractivity contribution in [3.8, 4) is 0 Å². The van der Waals surface area contributed by atoms with E-state index < -0.39 is 0 Å². The lowest BCUT2D eigenvalue weighted by atomic mass is 9.71. The first kappa shape index (κ1) is 17.1. The summed E-state index contributed by atoms with van der Waals surface area (Å²) in [5, 5.41) is 14.6. The summed E-state index contributed by atoms with van der Waals surface area (Å²) < 4.78 is 1.78. The van der Waals surface area contributed by atoms with E-state index in [0.29, 0.717) is 6.42 Å². The van der Waals surface area contributed by atoms with Crippen molar-refractivity contribution in [3.63, 3.8) is 0 Å². The van der Waals surface area contributed by atoms with E-state index in [1.807, 2.05) is 0 Å². The van der Waals surface area contributed by atoms with Crippen molar-refractivity contribution in [1.82, 2.24) is 25.5 Å². The van der Waals surface area contributed by atoms with Crippen molar-refractivity contribution in [1.29, 1.82) is 0 Å². The lowest BCUT2D eigenvalue weighted by Gasteiger charge is -2.36. The Morgan fingerprint density at radius 1 is 1.21 bits per heavy atom. The number of tetrazole rings is 1. The second-order valence-corrected chi connectivity index (χ2v) is 7.45. The number of amides is 1. The minimum atomic E-state index is 0.0157. The molecule has 1 aromatic heterocycles. The highest BCUT2D eigenvalue weighted by atomic mass is 16.1. The minimum Gasteiger partial charge on any atom is -0.356 e. The van der Waals surface area contributed by atoms with Crippen molar-refractivity contribution in [3.05, 3.63) is 18.0 Å². The maximum Gasteiger partial charge on any atom is 0.220 e. The molecule has 0 spiro atoms. The normalized spacial score (nSPS) is 20.4. The summed E-state index contributed by atoms with van der Waals surface area (Å²) in [7, 11) is 0. The van der Waals surface area contributed by atoms with Crippen molar-refractivity contribution in [2.24, 2.45) is 5.41 Å². The Kier molecular flexibility index (Phi) is 5.99. The van der Waals surface area contributed by atoms with Crippen molar-refractivity contribution in [2.45, 2.75) is 77.2 Å². The number of aromatic nitrogens is 4. The fourth-order valence-electron chi connectivity index (χ4n) is 4.19. The standard InChI is InChI=1S/C18H29N5O/c24-17(19-12-9-16-7-3-1-4-8-16)13-18(10-5-2-6-11-18)14-23-15-20-21-22-23/h7,15H,1-6,8-14H2,(H,19,24). The quantitative estimate of drug-likeness (QED) is 0.780. The zero-order valence-corrected chi connectivity index (χ0v) is 14.5. The molecule has 3 rings (SSSR count). The Hall–Kier alpha value is -1.72. The Balaban J connectivity index is 1.50. The molecule has 0 aromatic carbocycles. The van der Waals surface area contributed by atoms with Crippen LogP contribution in [0.2, 0.25) is 0 Å². The zero-order chi connectivity index (χ0) is 16.7. The van der Waals surface area contributed by atoms with E-state index >= 15 is 0 Å². The van der Waals surface area contributed by atoms with Crippen molar-refractivity contribution in [2.75, 3.05) is 6.54 Å². The summed E-state index contributed by atoms with van der Waals surface area (Å²) in [6, 6.07) is 0. The van der Waals surface area contributed by atoms with Gasteiger partial charge in [-0.05, 0) is 60.8 Å². The number of carbonyl (C=O) groups excluding carboxylic acids is 1.